The number of sulfonamides is 1. The molecule has 0 aromatic carbocycles. The van der Waals surface area contributed by atoms with Gasteiger partial charge in [0.2, 0.25) is 10.0 Å². The summed E-state index contributed by atoms with van der Waals surface area (Å²) in [7, 11) is -3.18. The molecule has 3 N–H and O–H groups in total. The molecular formula is C11H24N2O3S. The minimum atomic E-state index is -3.18. The highest BCUT2D eigenvalue weighted by Crippen LogP contribution is 2.29. The summed E-state index contributed by atoms with van der Waals surface area (Å²) in [5.41, 5.74) is 5.24. The van der Waals surface area contributed by atoms with E-state index in [0.717, 1.165) is 18.8 Å². The van der Waals surface area contributed by atoms with Crippen LogP contribution in [0.15, 0.2) is 0 Å². The highest BCUT2D eigenvalue weighted by Gasteiger charge is 2.22. The quantitative estimate of drug-likeness (QED) is 0.619. The molecule has 17 heavy (non-hydrogen) atoms. The molecule has 1 aliphatic rings. The largest absolute Gasteiger partial charge is 0.379 e. The van der Waals surface area contributed by atoms with Crippen molar-refractivity contribution in [2.45, 2.75) is 26.2 Å². The van der Waals surface area contributed by atoms with Crippen molar-refractivity contribution in [3.05, 3.63) is 0 Å². The molecule has 0 aromatic heterocycles. The molecule has 1 aliphatic carbocycles. The lowest BCUT2D eigenvalue weighted by Crippen LogP contribution is -2.32. The molecule has 1 rings (SSSR count). The number of nitrogens with one attached hydrogen (secondary N) is 1. The highest BCUT2D eigenvalue weighted by atomic mass is 32.2. The van der Waals surface area contributed by atoms with Gasteiger partial charge in [-0.25, -0.2) is 13.1 Å². The van der Waals surface area contributed by atoms with E-state index in [-0.39, 0.29) is 12.4 Å². The second-order valence-electron chi connectivity index (χ2n) is 4.85. The van der Waals surface area contributed by atoms with Gasteiger partial charge in [0.1, 0.15) is 0 Å². The van der Waals surface area contributed by atoms with Gasteiger partial charge in [0.05, 0.1) is 19.0 Å². The van der Waals surface area contributed by atoms with E-state index in [2.05, 4.69) is 11.6 Å². The molecule has 2 atom stereocenters. The first-order chi connectivity index (χ1) is 8.03. The van der Waals surface area contributed by atoms with Crippen molar-refractivity contribution in [2.24, 2.45) is 17.6 Å². The maximum absolute atomic E-state index is 11.6. The SMILES string of the molecule is CC1CCC(CNS(=O)(=O)CCOCCN)C1. The van der Waals surface area contributed by atoms with Gasteiger partial charge in [0, 0.05) is 13.1 Å². The molecule has 2 unspecified atom stereocenters. The van der Waals surface area contributed by atoms with E-state index in [1.807, 2.05) is 0 Å². The highest BCUT2D eigenvalue weighted by molar-refractivity contribution is 7.89. The third-order valence-electron chi connectivity index (χ3n) is 3.15. The van der Waals surface area contributed by atoms with E-state index < -0.39 is 10.0 Å². The molecule has 6 heteroatoms. The van der Waals surface area contributed by atoms with E-state index in [9.17, 15) is 8.42 Å². The Morgan fingerprint density at radius 3 is 2.71 bits per heavy atom. The molecule has 0 bridgehead atoms. The molecule has 0 heterocycles. The molecule has 0 aromatic rings. The molecule has 0 amide bonds. The van der Waals surface area contributed by atoms with Crippen molar-refractivity contribution in [3.8, 4) is 0 Å². The summed E-state index contributed by atoms with van der Waals surface area (Å²) in [6.45, 7) is 3.84. The third-order valence-corrected chi connectivity index (χ3v) is 4.46. The Balaban J connectivity index is 2.16. The van der Waals surface area contributed by atoms with Gasteiger partial charge in [-0.15, -0.1) is 0 Å². The van der Waals surface area contributed by atoms with Crippen molar-refractivity contribution < 1.29 is 13.2 Å². The van der Waals surface area contributed by atoms with Crippen molar-refractivity contribution in [3.63, 3.8) is 0 Å². The second kappa shape index (κ2) is 7.31. The van der Waals surface area contributed by atoms with Crippen molar-refractivity contribution in [1.29, 1.82) is 0 Å². The van der Waals surface area contributed by atoms with Crippen LogP contribution < -0.4 is 10.5 Å². The topological polar surface area (TPSA) is 81.4 Å². The molecule has 1 saturated carbocycles. The molecule has 102 valence electrons. The van der Waals surface area contributed by atoms with Crippen LogP contribution in [0.2, 0.25) is 0 Å². The Labute approximate surface area is 104 Å². The lowest BCUT2D eigenvalue weighted by molar-refractivity contribution is 0.156. The van der Waals surface area contributed by atoms with Gasteiger partial charge in [-0.3, -0.25) is 0 Å². The van der Waals surface area contributed by atoms with Crippen LogP contribution in [0.4, 0.5) is 0 Å². The summed E-state index contributed by atoms with van der Waals surface area (Å²) in [6, 6.07) is 0. The lowest BCUT2D eigenvalue weighted by atomic mass is 10.1. The summed E-state index contributed by atoms with van der Waals surface area (Å²) in [6.07, 6.45) is 3.48. The smallest absolute Gasteiger partial charge is 0.213 e. The third kappa shape index (κ3) is 6.35. The average molecular weight is 264 g/mol. The Morgan fingerprint density at radius 1 is 1.35 bits per heavy atom. The summed E-state index contributed by atoms with van der Waals surface area (Å²) in [5.74, 6) is 1.26. The second-order valence-corrected chi connectivity index (χ2v) is 6.78. The van der Waals surface area contributed by atoms with Crippen molar-refractivity contribution >= 4 is 10.0 Å². The summed E-state index contributed by atoms with van der Waals surface area (Å²) in [5, 5.41) is 0. The van der Waals surface area contributed by atoms with Gasteiger partial charge in [0.25, 0.3) is 0 Å². The number of ether oxygens (including phenoxy) is 1. The Morgan fingerprint density at radius 2 is 2.12 bits per heavy atom. The lowest BCUT2D eigenvalue weighted by Gasteiger charge is -2.11. The van der Waals surface area contributed by atoms with Crippen LogP contribution in [-0.4, -0.2) is 40.5 Å². The zero-order valence-electron chi connectivity index (χ0n) is 10.5. The van der Waals surface area contributed by atoms with Crippen LogP contribution in [-0.2, 0) is 14.8 Å². The van der Waals surface area contributed by atoms with Crippen LogP contribution in [0, 0.1) is 11.8 Å². The molecule has 0 radical (unpaired) electrons. The molecule has 5 nitrogen and oxygen atoms in total. The molecule has 0 spiro atoms. The summed E-state index contributed by atoms with van der Waals surface area (Å²) >= 11 is 0. The van der Waals surface area contributed by atoms with Crippen LogP contribution in [0.5, 0.6) is 0 Å². The summed E-state index contributed by atoms with van der Waals surface area (Å²) < 4.78 is 30.9. The molecule has 0 saturated heterocycles. The van der Waals surface area contributed by atoms with Crippen molar-refractivity contribution in [1.82, 2.24) is 4.72 Å². The van der Waals surface area contributed by atoms with Crippen LogP contribution in [0.3, 0.4) is 0 Å². The standard InChI is InChI=1S/C11H24N2O3S/c1-10-2-3-11(8-10)9-13-17(14,15)7-6-16-5-4-12/h10-11,13H,2-9,12H2,1H3. The Bertz CT molecular complexity index is 306. The first kappa shape index (κ1) is 14.9. The van der Waals surface area contributed by atoms with E-state index in [1.54, 1.807) is 0 Å². The van der Waals surface area contributed by atoms with Crippen LogP contribution in [0.25, 0.3) is 0 Å². The number of nitrogens with two attached hydrogens (primary N) is 1. The average Bonchev–Trinajstić information content (AvgIpc) is 2.68. The van der Waals surface area contributed by atoms with Gasteiger partial charge in [-0.05, 0) is 24.7 Å². The fourth-order valence-electron chi connectivity index (χ4n) is 2.18. The van der Waals surface area contributed by atoms with Crippen molar-refractivity contribution in [2.75, 3.05) is 32.1 Å². The van der Waals surface area contributed by atoms with Gasteiger partial charge in [0.15, 0.2) is 0 Å². The zero-order valence-corrected chi connectivity index (χ0v) is 11.3. The van der Waals surface area contributed by atoms with E-state index in [1.165, 1.54) is 6.42 Å². The van der Waals surface area contributed by atoms with Crippen LogP contribution in [0.1, 0.15) is 26.2 Å². The van der Waals surface area contributed by atoms with Gasteiger partial charge in [-0.1, -0.05) is 13.3 Å². The fourth-order valence-corrected chi connectivity index (χ4v) is 3.15. The predicted octanol–water partition coefficient (Wildman–Crippen LogP) is 0.317. The Hall–Kier alpha value is -0.170. The first-order valence-corrected chi connectivity index (χ1v) is 7.94. The predicted molar refractivity (Wildman–Crippen MR) is 68.2 cm³/mol. The zero-order chi connectivity index (χ0) is 12.7. The number of hydrogen-bond donors (Lipinski definition) is 2. The summed E-state index contributed by atoms with van der Waals surface area (Å²) in [4.78, 5) is 0. The van der Waals surface area contributed by atoms with Gasteiger partial charge in [-0.2, -0.15) is 0 Å². The van der Waals surface area contributed by atoms with E-state index >= 15 is 0 Å². The molecular weight excluding hydrogens is 240 g/mol. The minimum Gasteiger partial charge on any atom is -0.379 e. The molecule has 1 fully saturated rings. The maximum atomic E-state index is 11.6. The minimum absolute atomic E-state index is 0.0231. The normalized spacial score (nSPS) is 25.3. The number of rotatable bonds is 8. The fraction of sp³-hybridized carbons (Fsp3) is 1.00. The molecule has 0 aliphatic heterocycles. The maximum Gasteiger partial charge on any atom is 0.213 e. The first-order valence-electron chi connectivity index (χ1n) is 6.28. The van der Waals surface area contributed by atoms with E-state index in [0.29, 0.717) is 25.6 Å². The van der Waals surface area contributed by atoms with Gasteiger partial charge < -0.3 is 10.5 Å². The van der Waals surface area contributed by atoms with Crippen LogP contribution >= 0.6 is 0 Å². The van der Waals surface area contributed by atoms with E-state index in [4.69, 9.17) is 10.5 Å². The number of hydrogen-bond acceptors (Lipinski definition) is 4. The monoisotopic (exact) mass is 264 g/mol. The van der Waals surface area contributed by atoms with Gasteiger partial charge >= 0.3 is 0 Å². The Kier molecular flexibility index (Phi) is 6.40.